The smallest absolute Gasteiger partial charge is 0.0540 e. The second-order valence-corrected chi connectivity index (χ2v) is 15.0. The molecule has 0 aliphatic rings. The minimum Gasteiger partial charge on any atom is -0.310 e. The third-order valence-corrected chi connectivity index (χ3v) is 12.3. The van der Waals surface area contributed by atoms with E-state index in [0.717, 1.165) is 17.1 Å². The fraction of sp³-hybridized carbons (Fsp3) is 0. The molecule has 1 nitrogen and oxygen atoms in total. The van der Waals surface area contributed by atoms with Gasteiger partial charge in [0.05, 0.1) is 5.69 Å². The molecule has 0 amide bonds. The van der Waals surface area contributed by atoms with E-state index in [0.29, 0.717) is 0 Å². The molecule has 0 bridgehead atoms. The van der Waals surface area contributed by atoms with Gasteiger partial charge in [-0.15, -0.1) is 22.7 Å². The van der Waals surface area contributed by atoms with Crippen molar-refractivity contribution in [3.63, 3.8) is 0 Å². The molecule has 0 atom stereocenters. The maximum Gasteiger partial charge on any atom is 0.0540 e. The van der Waals surface area contributed by atoms with Gasteiger partial charge in [-0.3, -0.25) is 0 Å². The number of anilines is 3. The van der Waals surface area contributed by atoms with Crippen molar-refractivity contribution in [3.8, 4) is 33.4 Å². The van der Waals surface area contributed by atoms with E-state index < -0.39 is 0 Å². The van der Waals surface area contributed by atoms with E-state index in [4.69, 9.17) is 0 Å². The second kappa shape index (κ2) is 12.4. The molecule has 0 spiro atoms. The summed E-state index contributed by atoms with van der Waals surface area (Å²) in [5.41, 5.74) is 10.7. The van der Waals surface area contributed by atoms with Gasteiger partial charge in [0.25, 0.3) is 0 Å². The van der Waals surface area contributed by atoms with Crippen LogP contribution in [-0.2, 0) is 0 Å². The Hall–Kier alpha value is -6.00. The molecule has 0 saturated heterocycles. The third-order valence-electron chi connectivity index (χ3n) is 9.90. The third kappa shape index (κ3) is 5.13. The largest absolute Gasteiger partial charge is 0.310 e. The van der Waals surface area contributed by atoms with Crippen LogP contribution in [0.5, 0.6) is 0 Å². The Morgan fingerprint density at radius 2 is 0.863 bits per heavy atom. The Bertz CT molecular complexity index is 2830. The Morgan fingerprint density at radius 3 is 1.63 bits per heavy atom. The first kappa shape index (κ1) is 29.9. The van der Waals surface area contributed by atoms with E-state index in [9.17, 15) is 0 Å². The topological polar surface area (TPSA) is 3.24 Å². The van der Waals surface area contributed by atoms with Crippen LogP contribution in [0, 0.1) is 0 Å². The monoisotopic (exact) mass is 685 g/mol. The van der Waals surface area contributed by atoms with Gasteiger partial charge < -0.3 is 4.90 Å². The zero-order valence-electron chi connectivity index (χ0n) is 27.7. The van der Waals surface area contributed by atoms with Gasteiger partial charge >= 0.3 is 0 Å². The van der Waals surface area contributed by atoms with Gasteiger partial charge in [0.15, 0.2) is 0 Å². The predicted molar refractivity (Wildman–Crippen MR) is 223 cm³/mol. The molecule has 2 aromatic heterocycles. The van der Waals surface area contributed by atoms with Gasteiger partial charge in [-0.1, -0.05) is 146 Å². The Balaban J connectivity index is 1.10. The van der Waals surface area contributed by atoms with Crippen molar-refractivity contribution in [1.29, 1.82) is 0 Å². The van der Waals surface area contributed by atoms with Crippen LogP contribution in [-0.4, -0.2) is 0 Å². The summed E-state index contributed by atoms with van der Waals surface area (Å²) in [4.78, 5) is 2.39. The molecule has 8 aromatic carbocycles. The van der Waals surface area contributed by atoms with Gasteiger partial charge in [-0.25, -0.2) is 0 Å². The second-order valence-electron chi connectivity index (χ2n) is 12.9. The average Bonchev–Trinajstić information content (AvgIpc) is 3.78. The molecular weight excluding hydrogens is 655 g/mol. The quantitative estimate of drug-likeness (QED) is 0.168. The lowest BCUT2D eigenvalue weighted by Crippen LogP contribution is -2.11. The van der Waals surface area contributed by atoms with Crippen LogP contribution in [0.25, 0.3) is 73.7 Å². The van der Waals surface area contributed by atoms with Gasteiger partial charge in [0.2, 0.25) is 0 Å². The molecule has 2 heterocycles. The molecule has 10 rings (SSSR count). The maximum atomic E-state index is 2.39. The molecule has 3 heteroatoms. The predicted octanol–water partition coefficient (Wildman–Crippen LogP) is 14.9. The summed E-state index contributed by atoms with van der Waals surface area (Å²) >= 11 is 3.82. The molecule has 0 radical (unpaired) electrons. The summed E-state index contributed by atoms with van der Waals surface area (Å²) in [5.74, 6) is 0. The van der Waals surface area contributed by atoms with Gasteiger partial charge in [-0.2, -0.15) is 0 Å². The molecule has 51 heavy (non-hydrogen) atoms. The van der Waals surface area contributed by atoms with Gasteiger partial charge in [0.1, 0.15) is 0 Å². The van der Waals surface area contributed by atoms with Crippen molar-refractivity contribution < 1.29 is 0 Å². The van der Waals surface area contributed by atoms with E-state index >= 15 is 0 Å². The van der Waals surface area contributed by atoms with E-state index in [2.05, 4.69) is 193 Å². The fourth-order valence-electron chi connectivity index (χ4n) is 7.47. The van der Waals surface area contributed by atoms with Crippen molar-refractivity contribution in [1.82, 2.24) is 0 Å². The van der Waals surface area contributed by atoms with Crippen molar-refractivity contribution in [2.75, 3.05) is 4.90 Å². The first-order valence-electron chi connectivity index (χ1n) is 17.3. The van der Waals surface area contributed by atoms with Crippen LogP contribution < -0.4 is 4.90 Å². The molecule has 10 aromatic rings. The average molecular weight is 686 g/mol. The van der Waals surface area contributed by atoms with E-state index in [1.807, 2.05) is 22.7 Å². The normalized spacial score (nSPS) is 11.5. The molecule has 0 N–H and O–H groups in total. The summed E-state index contributed by atoms with van der Waals surface area (Å²) in [7, 11) is 0. The highest BCUT2D eigenvalue weighted by Crippen LogP contribution is 2.47. The highest BCUT2D eigenvalue weighted by Gasteiger charge is 2.19. The Kier molecular flexibility index (Phi) is 7.26. The summed E-state index contributed by atoms with van der Waals surface area (Å²) in [6.45, 7) is 0. The number of benzene rings is 8. The van der Waals surface area contributed by atoms with E-state index in [-0.39, 0.29) is 0 Å². The minimum atomic E-state index is 1.12. The van der Waals surface area contributed by atoms with Gasteiger partial charge in [0, 0.05) is 57.3 Å². The fourth-order valence-corrected chi connectivity index (χ4v) is 10.0. The van der Waals surface area contributed by atoms with Crippen LogP contribution >= 0.6 is 22.7 Å². The lowest BCUT2D eigenvalue weighted by atomic mass is 9.99. The summed E-state index contributed by atoms with van der Waals surface area (Å²) < 4.78 is 5.42. The molecule has 0 aliphatic carbocycles. The van der Waals surface area contributed by atoms with E-state index in [1.165, 1.54) is 73.7 Å². The summed E-state index contributed by atoms with van der Waals surface area (Å²) in [5, 5.41) is 5.41. The number of thiophene rings is 2. The number of hydrogen-bond acceptors (Lipinski definition) is 3. The lowest BCUT2D eigenvalue weighted by Gasteiger charge is -2.28. The minimum absolute atomic E-state index is 1.12. The zero-order chi connectivity index (χ0) is 33.7. The molecule has 0 saturated carbocycles. The standard InChI is InChI=1S/C48H31NS2/c1-3-12-32(13-4-1)33-22-26-36(27-23-33)49(43-20-9-7-16-38(43)34-14-5-2-6-15-34)37-28-24-35(25-29-37)39-18-11-19-40-41-30-31-45-46(48(41)51-47(39)40)42-17-8-10-21-44(42)50-45/h1-31H. The van der Waals surface area contributed by atoms with Crippen molar-refractivity contribution in [2.24, 2.45) is 0 Å². The number of hydrogen-bond donors (Lipinski definition) is 0. The zero-order valence-corrected chi connectivity index (χ0v) is 29.3. The van der Waals surface area contributed by atoms with Crippen LogP contribution in [0.4, 0.5) is 17.1 Å². The maximum absolute atomic E-state index is 2.39. The molecule has 0 unspecified atom stereocenters. The van der Waals surface area contributed by atoms with Gasteiger partial charge in [-0.05, 0) is 70.3 Å². The number of para-hydroxylation sites is 1. The number of rotatable bonds is 6. The van der Waals surface area contributed by atoms with Crippen molar-refractivity contribution in [2.45, 2.75) is 0 Å². The highest BCUT2D eigenvalue weighted by atomic mass is 32.1. The first-order valence-corrected chi connectivity index (χ1v) is 18.9. The molecule has 0 aliphatic heterocycles. The first-order chi connectivity index (χ1) is 25.3. The van der Waals surface area contributed by atoms with Crippen LogP contribution in [0.2, 0.25) is 0 Å². The van der Waals surface area contributed by atoms with E-state index in [1.54, 1.807) is 0 Å². The molecule has 0 fully saturated rings. The van der Waals surface area contributed by atoms with Crippen LogP contribution in [0.15, 0.2) is 188 Å². The Labute approximate surface area is 304 Å². The summed E-state index contributed by atoms with van der Waals surface area (Å²) in [6, 6.07) is 68.3. The summed E-state index contributed by atoms with van der Waals surface area (Å²) in [6.07, 6.45) is 0. The van der Waals surface area contributed by atoms with Crippen molar-refractivity contribution in [3.05, 3.63) is 188 Å². The van der Waals surface area contributed by atoms with Crippen molar-refractivity contribution >= 4 is 80.1 Å². The van der Waals surface area contributed by atoms with Crippen LogP contribution in [0.3, 0.4) is 0 Å². The number of nitrogens with zero attached hydrogens (tertiary/aromatic N) is 1. The molecular formula is C48H31NS2. The Morgan fingerprint density at radius 1 is 0.314 bits per heavy atom. The SMILES string of the molecule is c1ccc(-c2ccc(N(c3ccc(-c4cccc5c4sc4c5ccc5sc6ccccc6c54)cc3)c3ccccc3-c3ccccc3)cc2)cc1. The highest BCUT2D eigenvalue weighted by molar-refractivity contribution is 7.30. The lowest BCUT2D eigenvalue weighted by molar-refractivity contribution is 1.28. The number of fused-ring (bicyclic) bond motifs is 7. The molecule has 240 valence electrons. The van der Waals surface area contributed by atoms with Crippen LogP contribution in [0.1, 0.15) is 0 Å².